The number of rotatable bonds is 10. The van der Waals surface area contributed by atoms with Crippen LogP contribution in [0.25, 0.3) is 22.3 Å². The molecule has 1 aliphatic heterocycles. The Kier molecular flexibility index (Phi) is 9.79. The molecule has 4 atom stereocenters. The number of nitrogens with one attached hydrogen (secondary N) is 1. The standard InChI is InChI=1S/C28H34ClN2O9P/c1-5-37-28(35)16(3)30-41(36,38-6-2)40-24-14-21(33)26-20(32)13-23(17-9-7-8-10-19(17)29)39-27(26)25(24)18-11-12-31(4)15-22(18)34/h7-10,13-14,16,18,22,33-34H,5-6,11-12,15H2,1-4H3,(H,30,36)/t16?,18-,22+,41?/m0/s1. The number of phenolic OH excluding ortho intramolecular Hbond substituents is 1. The zero-order chi connectivity index (χ0) is 29.9. The molecule has 1 aliphatic rings. The van der Waals surface area contributed by atoms with E-state index in [9.17, 15) is 24.4 Å². The molecule has 41 heavy (non-hydrogen) atoms. The maximum Gasteiger partial charge on any atom is 0.459 e. The van der Waals surface area contributed by atoms with Crippen LogP contribution >= 0.6 is 19.3 Å². The number of piperidine rings is 1. The van der Waals surface area contributed by atoms with Crippen LogP contribution < -0.4 is 15.0 Å². The van der Waals surface area contributed by atoms with E-state index in [0.717, 1.165) is 6.07 Å². The monoisotopic (exact) mass is 608 g/mol. The number of likely N-dealkylation sites (tertiary alicyclic amines) is 1. The van der Waals surface area contributed by atoms with E-state index in [0.29, 0.717) is 30.1 Å². The fourth-order valence-corrected chi connectivity index (χ4v) is 6.64. The van der Waals surface area contributed by atoms with Gasteiger partial charge in [0.25, 0.3) is 0 Å². The molecule has 13 heteroatoms. The van der Waals surface area contributed by atoms with Gasteiger partial charge in [-0.05, 0) is 52.9 Å². The maximum absolute atomic E-state index is 13.9. The van der Waals surface area contributed by atoms with Crippen molar-refractivity contribution in [2.75, 3.05) is 33.4 Å². The lowest BCUT2D eigenvalue weighted by molar-refractivity contribution is -0.144. The number of hydrogen-bond acceptors (Lipinski definition) is 10. The average molecular weight is 609 g/mol. The molecule has 0 saturated carbocycles. The van der Waals surface area contributed by atoms with Crippen LogP contribution in [0.1, 0.15) is 38.7 Å². The van der Waals surface area contributed by atoms with Gasteiger partial charge in [0.15, 0.2) is 5.43 Å². The molecule has 11 nitrogen and oxygen atoms in total. The highest BCUT2D eigenvalue weighted by molar-refractivity contribution is 7.52. The van der Waals surface area contributed by atoms with Crippen molar-refractivity contribution in [1.82, 2.24) is 9.99 Å². The summed E-state index contributed by atoms with van der Waals surface area (Å²) in [7, 11) is -2.40. The first-order valence-electron chi connectivity index (χ1n) is 13.3. The van der Waals surface area contributed by atoms with Crippen molar-refractivity contribution in [3.8, 4) is 22.8 Å². The number of likely N-dealkylation sites (N-methyl/N-ethyl adjacent to an activating group) is 1. The Balaban J connectivity index is 1.94. The van der Waals surface area contributed by atoms with E-state index in [-0.39, 0.29) is 41.3 Å². The smallest absolute Gasteiger partial charge is 0.459 e. The predicted octanol–water partition coefficient (Wildman–Crippen LogP) is 4.66. The first-order valence-corrected chi connectivity index (χ1v) is 15.2. The number of aliphatic hydroxyl groups is 1. The lowest BCUT2D eigenvalue weighted by atomic mass is 9.85. The molecule has 0 aliphatic carbocycles. The fourth-order valence-electron chi connectivity index (χ4n) is 4.91. The summed E-state index contributed by atoms with van der Waals surface area (Å²) in [6.07, 6.45) is -0.490. The van der Waals surface area contributed by atoms with Gasteiger partial charge in [-0.3, -0.25) is 14.1 Å². The highest BCUT2D eigenvalue weighted by Gasteiger charge is 2.38. The number of carbonyl (C=O) groups is 1. The molecule has 4 rings (SSSR count). The van der Waals surface area contributed by atoms with Gasteiger partial charge in [-0.25, -0.2) is 4.57 Å². The van der Waals surface area contributed by atoms with Crippen LogP contribution in [0.5, 0.6) is 11.5 Å². The number of aromatic hydroxyl groups is 1. The van der Waals surface area contributed by atoms with Crippen molar-refractivity contribution in [1.29, 1.82) is 0 Å². The minimum absolute atomic E-state index is 0.0440. The summed E-state index contributed by atoms with van der Waals surface area (Å²) in [4.78, 5) is 27.6. The molecule has 2 heterocycles. The first kappa shape index (κ1) is 31.0. The number of fused-ring (bicyclic) bond motifs is 1. The van der Waals surface area contributed by atoms with E-state index in [4.69, 9.17) is 29.8 Å². The van der Waals surface area contributed by atoms with Crippen LogP contribution in [0, 0.1) is 0 Å². The van der Waals surface area contributed by atoms with Crippen molar-refractivity contribution in [3.05, 3.63) is 57.2 Å². The first-order chi connectivity index (χ1) is 19.5. The molecule has 1 fully saturated rings. The minimum atomic E-state index is -4.27. The van der Waals surface area contributed by atoms with E-state index in [1.54, 1.807) is 38.1 Å². The second-order valence-electron chi connectivity index (χ2n) is 9.80. The van der Waals surface area contributed by atoms with Crippen LogP contribution in [0.4, 0.5) is 0 Å². The Labute approximate surface area is 242 Å². The Morgan fingerprint density at radius 2 is 2.00 bits per heavy atom. The van der Waals surface area contributed by atoms with Gasteiger partial charge in [0, 0.05) is 35.7 Å². The molecule has 1 saturated heterocycles. The summed E-state index contributed by atoms with van der Waals surface area (Å²) < 4.78 is 36.5. The van der Waals surface area contributed by atoms with Gasteiger partial charge in [0.1, 0.15) is 34.3 Å². The normalized spacial score (nSPS) is 20.0. The van der Waals surface area contributed by atoms with Gasteiger partial charge in [0.05, 0.1) is 24.3 Å². The number of hydrogen-bond donors (Lipinski definition) is 3. The molecule has 0 bridgehead atoms. The van der Waals surface area contributed by atoms with Crippen molar-refractivity contribution in [2.45, 2.75) is 45.3 Å². The van der Waals surface area contributed by atoms with Gasteiger partial charge < -0.3 is 28.8 Å². The number of halogens is 1. The Bertz CT molecular complexity index is 1530. The van der Waals surface area contributed by atoms with Crippen LogP contribution in [-0.4, -0.2) is 66.6 Å². The largest absolute Gasteiger partial charge is 0.507 e. The number of aliphatic hydroxyl groups excluding tert-OH is 1. The number of carbonyl (C=O) groups excluding carboxylic acids is 1. The topological polar surface area (TPSA) is 148 Å². The molecular weight excluding hydrogens is 575 g/mol. The summed E-state index contributed by atoms with van der Waals surface area (Å²) in [5, 5.41) is 24.9. The molecule has 0 radical (unpaired) electrons. The Morgan fingerprint density at radius 1 is 1.27 bits per heavy atom. The van der Waals surface area contributed by atoms with Gasteiger partial charge in [-0.2, -0.15) is 5.09 Å². The maximum atomic E-state index is 13.9. The second kappa shape index (κ2) is 12.9. The molecule has 0 amide bonds. The summed E-state index contributed by atoms with van der Waals surface area (Å²) in [5.41, 5.74) is 0.0853. The highest BCUT2D eigenvalue weighted by atomic mass is 35.5. The summed E-state index contributed by atoms with van der Waals surface area (Å²) >= 11 is 6.39. The molecule has 3 N–H and O–H groups in total. The van der Waals surface area contributed by atoms with Gasteiger partial charge in [-0.15, -0.1) is 0 Å². The van der Waals surface area contributed by atoms with Crippen LogP contribution in [-0.2, 0) is 18.6 Å². The second-order valence-corrected chi connectivity index (χ2v) is 11.9. The van der Waals surface area contributed by atoms with Crippen molar-refractivity contribution in [3.63, 3.8) is 0 Å². The van der Waals surface area contributed by atoms with Gasteiger partial charge >= 0.3 is 13.7 Å². The lowest BCUT2D eigenvalue weighted by Gasteiger charge is -2.35. The molecule has 222 valence electrons. The molecule has 2 aromatic carbocycles. The van der Waals surface area contributed by atoms with E-state index >= 15 is 0 Å². The van der Waals surface area contributed by atoms with E-state index in [1.807, 2.05) is 11.9 Å². The van der Waals surface area contributed by atoms with Crippen molar-refractivity contribution in [2.24, 2.45) is 0 Å². The average Bonchev–Trinajstić information content (AvgIpc) is 2.89. The quantitative estimate of drug-likeness (QED) is 0.218. The van der Waals surface area contributed by atoms with Gasteiger partial charge in [-0.1, -0.05) is 23.7 Å². The molecule has 2 unspecified atom stereocenters. The number of benzene rings is 2. The number of β-amino-alcohol motifs (C(OH)–C–C–N with tert-alkyl or cyclic N) is 1. The third kappa shape index (κ3) is 6.77. The third-order valence-electron chi connectivity index (χ3n) is 6.79. The summed E-state index contributed by atoms with van der Waals surface area (Å²) in [5.74, 6) is -1.79. The van der Waals surface area contributed by atoms with Crippen molar-refractivity contribution >= 4 is 36.3 Å². The SMILES string of the molecule is CCOC(=O)C(C)NP(=O)(OCC)Oc1cc(O)c2c(=O)cc(-c3ccccc3Cl)oc2c1[C@H]1CCN(C)C[C@H]1O. The molecule has 3 aromatic rings. The van der Waals surface area contributed by atoms with E-state index in [2.05, 4.69) is 5.09 Å². The number of ether oxygens (including phenoxy) is 1. The molecule has 1 aromatic heterocycles. The van der Waals surface area contributed by atoms with Crippen LogP contribution in [0.2, 0.25) is 5.02 Å². The predicted molar refractivity (Wildman–Crippen MR) is 155 cm³/mol. The van der Waals surface area contributed by atoms with Crippen molar-refractivity contribution < 1.29 is 37.8 Å². The fraction of sp³-hybridized carbons (Fsp3) is 0.429. The lowest BCUT2D eigenvalue weighted by Crippen LogP contribution is -2.40. The number of nitrogens with zero attached hydrogens (tertiary/aromatic N) is 1. The number of esters is 1. The highest BCUT2D eigenvalue weighted by Crippen LogP contribution is 2.51. The van der Waals surface area contributed by atoms with E-state index in [1.165, 1.54) is 13.0 Å². The summed E-state index contributed by atoms with van der Waals surface area (Å²) in [6, 6.07) is 8.11. The Hall–Kier alpha value is -2.92. The zero-order valence-electron chi connectivity index (χ0n) is 23.3. The molecular formula is C28H34ClN2O9P. The third-order valence-corrected chi connectivity index (χ3v) is 8.85. The summed E-state index contributed by atoms with van der Waals surface area (Å²) in [6.45, 7) is 5.67. The molecule has 0 spiro atoms. The van der Waals surface area contributed by atoms with Gasteiger partial charge in [0.2, 0.25) is 0 Å². The number of phenols is 1. The van der Waals surface area contributed by atoms with E-state index < -0.39 is 43.0 Å². The minimum Gasteiger partial charge on any atom is -0.507 e. The van der Waals surface area contributed by atoms with Crippen LogP contribution in [0.15, 0.2) is 45.6 Å². The van der Waals surface area contributed by atoms with Crippen LogP contribution in [0.3, 0.4) is 0 Å². The zero-order valence-corrected chi connectivity index (χ0v) is 24.9. The Morgan fingerprint density at radius 3 is 2.66 bits per heavy atom.